The highest BCUT2D eigenvalue weighted by molar-refractivity contribution is 5.75. The fourth-order valence-corrected chi connectivity index (χ4v) is 2.60. The minimum atomic E-state index is -0.0589. The van der Waals surface area contributed by atoms with E-state index in [1.807, 2.05) is 0 Å². The van der Waals surface area contributed by atoms with Gasteiger partial charge in [-0.3, -0.25) is 4.79 Å². The Hall–Kier alpha value is -0.570. The lowest BCUT2D eigenvalue weighted by Crippen LogP contribution is -2.63. The number of hydrogen-bond donors (Lipinski definition) is 1. The molecule has 68 valence electrons. The van der Waals surface area contributed by atoms with Crippen LogP contribution in [0.4, 0.5) is 0 Å². The SMILES string of the molecule is COC(=O)C1CC(N)C12CCC2. The van der Waals surface area contributed by atoms with Gasteiger partial charge in [0, 0.05) is 6.04 Å². The molecule has 0 aromatic heterocycles. The first-order valence-electron chi connectivity index (χ1n) is 4.54. The van der Waals surface area contributed by atoms with Gasteiger partial charge in [0.2, 0.25) is 0 Å². The van der Waals surface area contributed by atoms with Gasteiger partial charge in [0.15, 0.2) is 0 Å². The summed E-state index contributed by atoms with van der Waals surface area (Å²) < 4.78 is 4.74. The topological polar surface area (TPSA) is 52.3 Å². The van der Waals surface area contributed by atoms with Crippen LogP contribution in [0.2, 0.25) is 0 Å². The lowest BCUT2D eigenvalue weighted by Gasteiger charge is -2.58. The molecule has 3 heteroatoms. The molecular formula is C9H15NO2. The van der Waals surface area contributed by atoms with Crippen molar-refractivity contribution in [2.75, 3.05) is 7.11 Å². The molecule has 2 rings (SSSR count). The molecule has 2 unspecified atom stereocenters. The summed E-state index contributed by atoms with van der Waals surface area (Å²) in [4.78, 5) is 11.3. The second-order valence-electron chi connectivity index (χ2n) is 4.00. The molecule has 2 N–H and O–H groups in total. The molecule has 0 aromatic rings. The lowest BCUT2D eigenvalue weighted by atomic mass is 9.47. The predicted octanol–water partition coefficient (Wildman–Crippen LogP) is 0.677. The molecule has 2 aliphatic carbocycles. The number of methoxy groups -OCH3 is 1. The number of carbonyl (C=O) groups is 1. The van der Waals surface area contributed by atoms with E-state index < -0.39 is 0 Å². The van der Waals surface area contributed by atoms with Crippen molar-refractivity contribution in [1.29, 1.82) is 0 Å². The largest absolute Gasteiger partial charge is 0.469 e. The first-order valence-corrected chi connectivity index (χ1v) is 4.54. The lowest BCUT2D eigenvalue weighted by molar-refractivity contribution is -0.168. The highest BCUT2D eigenvalue weighted by atomic mass is 16.5. The van der Waals surface area contributed by atoms with Crippen LogP contribution >= 0.6 is 0 Å². The third-order valence-electron chi connectivity index (χ3n) is 3.69. The van der Waals surface area contributed by atoms with Gasteiger partial charge >= 0.3 is 5.97 Å². The Kier molecular flexibility index (Phi) is 1.65. The molecule has 0 aliphatic heterocycles. The van der Waals surface area contributed by atoms with E-state index in [9.17, 15) is 4.79 Å². The molecule has 0 radical (unpaired) electrons. The van der Waals surface area contributed by atoms with E-state index in [0.29, 0.717) is 0 Å². The number of esters is 1. The Balaban J connectivity index is 2.06. The highest BCUT2D eigenvalue weighted by Crippen LogP contribution is 2.59. The summed E-state index contributed by atoms with van der Waals surface area (Å²) in [6.45, 7) is 0. The first-order chi connectivity index (χ1) is 5.70. The van der Waals surface area contributed by atoms with E-state index in [2.05, 4.69) is 0 Å². The van der Waals surface area contributed by atoms with Gasteiger partial charge in [-0.05, 0) is 24.7 Å². The fraction of sp³-hybridized carbons (Fsp3) is 0.889. The molecule has 2 fully saturated rings. The van der Waals surface area contributed by atoms with E-state index in [-0.39, 0.29) is 23.3 Å². The molecule has 0 aromatic carbocycles. The zero-order chi connectivity index (χ0) is 8.77. The first kappa shape index (κ1) is 8.05. The van der Waals surface area contributed by atoms with E-state index in [4.69, 9.17) is 10.5 Å². The van der Waals surface area contributed by atoms with Crippen molar-refractivity contribution < 1.29 is 9.53 Å². The van der Waals surface area contributed by atoms with Gasteiger partial charge in [-0.25, -0.2) is 0 Å². The maximum Gasteiger partial charge on any atom is 0.309 e. The third-order valence-corrected chi connectivity index (χ3v) is 3.69. The van der Waals surface area contributed by atoms with Gasteiger partial charge < -0.3 is 10.5 Å². The summed E-state index contributed by atoms with van der Waals surface area (Å²) in [6, 6.07) is 0.246. The number of carbonyl (C=O) groups excluding carboxylic acids is 1. The summed E-state index contributed by atoms with van der Waals surface area (Å²) >= 11 is 0. The molecular weight excluding hydrogens is 154 g/mol. The maximum absolute atomic E-state index is 11.3. The van der Waals surface area contributed by atoms with Gasteiger partial charge in [-0.2, -0.15) is 0 Å². The summed E-state index contributed by atoms with van der Waals surface area (Å²) in [5.74, 6) is 0.0441. The van der Waals surface area contributed by atoms with Crippen LogP contribution in [0.25, 0.3) is 0 Å². The molecule has 2 atom stereocenters. The average Bonchev–Trinajstić information content (AvgIpc) is 1.95. The number of hydrogen-bond acceptors (Lipinski definition) is 3. The maximum atomic E-state index is 11.3. The molecule has 12 heavy (non-hydrogen) atoms. The molecule has 0 saturated heterocycles. The van der Waals surface area contributed by atoms with Crippen molar-refractivity contribution in [3.63, 3.8) is 0 Å². The zero-order valence-electron chi connectivity index (χ0n) is 7.38. The Morgan fingerprint density at radius 2 is 2.25 bits per heavy atom. The van der Waals surface area contributed by atoms with Gasteiger partial charge in [0.25, 0.3) is 0 Å². The van der Waals surface area contributed by atoms with Gasteiger partial charge in [0.1, 0.15) is 0 Å². The molecule has 0 amide bonds. The van der Waals surface area contributed by atoms with E-state index in [1.54, 1.807) is 0 Å². The highest BCUT2D eigenvalue weighted by Gasteiger charge is 2.59. The molecule has 2 aliphatic rings. The monoisotopic (exact) mass is 169 g/mol. The van der Waals surface area contributed by atoms with Crippen molar-refractivity contribution in [2.45, 2.75) is 31.7 Å². The minimum Gasteiger partial charge on any atom is -0.469 e. The van der Waals surface area contributed by atoms with Gasteiger partial charge in [-0.15, -0.1) is 0 Å². The summed E-state index contributed by atoms with van der Waals surface area (Å²) in [5.41, 5.74) is 6.04. The molecule has 3 nitrogen and oxygen atoms in total. The van der Waals surface area contributed by atoms with Crippen LogP contribution in [-0.4, -0.2) is 19.1 Å². The average molecular weight is 169 g/mol. The van der Waals surface area contributed by atoms with Crippen molar-refractivity contribution in [1.82, 2.24) is 0 Å². The van der Waals surface area contributed by atoms with Crippen LogP contribution in [0, 0.1) is 11.3 Å². The van der Waals surface area contributed by atoms with E-state index >= 15 is 0 Å². The van der Waals surface area contributed by atoms with Crippen LogP contribution in [0.5, 0.6) is 0 Å². The summed E-state index contributed by atoms with van der Waals surface area (Å²) in [6.07, 6.45) is 4.29. The smallest absolute Gasteiger partial charge is 0.309 e. The predicted molar refractivity (Wildman–Crippen MR) is 44.4 cm³/mol. The standard InChI is InChI=1S/C9H15NO2/c1-12-8(11)6-5-7(10)9(6)3-2-4-9/h6-7H,2-5,10H2,1H3. The van der Waals surface area contributed by atoms with E-state index in [0.717, 1.165) is 19.3 Å². The van der Waals surface area contributed by atoms with Crippen LogP contribution < -0.4 is 5.73 Å². The molecule has 2 saturated carbocycles. The second kappa shape index (κ2) is 2.46. The van der Waals surface area contributed by atoms with Crippen molar-refractivity contribution in [2.24, 2.45) is 17.1 Å². The Labute approximate surface area is 72.3 Å². The second-order valence-corrected chi connectivity index (χ2v) is 4.00. The Bertz CT molecular complexity index is 211. The van der Waals surface area contributed by atoms with Crippen molar-refractivity contribution in [3.8, 4) is 0 Å². The number of ether oxygens (including phenoxy) is 1. The molecule has 1 spiro atoms. The Morgan fingerprint density at radius 1 is 1.58 bits per heavy atom. The van der Waals surface area contributed by atoms with Crippen LogP contribution in [0.3, 0.4) is 0 Å². The molecule has 0 heterocycles. The molecule has 0 bridgehead atoms. The van der Waals surface area contributed by atoms with Crippen molar-refractivity contribution in [3.05, 3.63) is 0 Å². The quantitative estimate of drug-likeness (QED) is 0.587. The third kappa shape index (κ3) is 0.774. The summed E-state index contributed by atoms with van der Waals surface area (Å²) in [5, 5.41) is 0. The normalized spacial score (nSPS) is 36.8. The van der Waals surface area contributed by atoms with Crippen LogP contribution in [-0.2, 0) is 9.53 Å². The minimum absolute atomic E-state index is 0.0589. The summed E-state index contributed by atoms with van der Waals surface area (Å²) in [7, 11) is 1.46. The number of nitrogens with two attached hydrogens (primary N) is 1. The van der Waals surface area contributed by atoms with Crippen LogP contribution in [0.1, 0.15) is 25.7 Å². The van der Waals surface area contributed by atoms with Gasteiger partial charge in [-0.1, -0.05) is 6.42 Å². The van der Waals surface area contributed by atoms with Gasteiger partial charge in [0.05, 0.1) is 13.0 Å². The van der Waals surface area contributed by atoms with Crippen LogP contribution in [0.15, 0.2) is 0 Å². The zero-order valence-corrected chi connectivity index (χ0v) is 7.38. The van der Waals surface area contributed by atoms with E-state index in [1.165, 1.54) is 13.5 Å². The van der Waals surface area contributed by atoms with Crippen molar-refractivity contribution >= 4 is 5.97 Å². The number of rotatable bonds is 1. The fourth-order valence-electron chi connectivity index (χ4n) is 2.60. The Morgan fingerprint density at radius 3 is 2.58 bits per heavy atom.